The van der Waals surface area contributed by atoms with Crippen LogP contribution in [0.5, 0.6) is 0 Å². The average Bonchev–Trinajstić information content (AvgIpc) is 2.80. The lowest BCUT2D eigenvalue weighted by atomic mass is 10.1. The van der Waals surface area contributed by atoms with Crippen molar-refractivity contribution in [1.82, 2.24) is 0 Å². The zero-order valence-corrected chi connectivity index (χ0v) is 10.7. The van der Waals surface area contributed by atoms with Crippen LogP contribution < -0.4 is 10.6 Å². The lowest BCUT2D eigenvalue weighted by Gasteiger charge is -2.31. The molecule has 0 aromatic heterocycles. The summed E-state index contributed by atoms with van der Waals surface area (Å²) in [5, 5.41) is 9.87. The van der Waals surface area contributed by atoms with Crippen molar-refractivity contribution in [2.45, 2.75) is 31.7 Å². The second kappa shape index (κ2) is 5.61. The van der Waals surface area contributed by atoms with Crippen LogP contribution in [0.2, 0.25) is 5.02 Å². The number of halogens is 1. The number of rotatable bonds is 4. The molecule has 1 aliphatic rings. The fraction of sp³-hybridized carbons (Fsp3) is 0.538. The second-order valence-corrected chi connectivity index (χ2v) is 4.97. The Morgan fingerprint density at radius 1 is 1.35 bits per heavy atom. The van der Waals surface area contributed by atoms with Crippen LogP contribution in [0.1, 0.15) is 25.7 Å². The van der Waals surface area contributed by atoms with Gasteiger partial charge < -0.3 is 15.7 Å². The normalized spacial score (nSPS) is 16.4. The smallest absolute Gasteiger partial charge is 0.0660 e. The standard InChI is InChI=1S/C13H19ClN2O/c14-12-9-10(15)5-6-13(12)16(7-8-17)11-3-1-2-4-11/h5-6,9,11,17H,1-4,7-8,15H2. The lowest BCUT2D eigenvalue weighted by molar-refractivity contribution is 0.297. The largest absolute Gasteiger partial charge is 0.399 e. The van der Waals surface area contributed by atoms with E-state index < -0.39 is 0 Å². The zero-order valence-electron chi connectivity index (χ0n) is 9.90. The maximum atomic E-state index is 9.19. The van der Waals surface area contributed by atoms with Gasteiger partial charge in [-0.1, -0.05) is 24.4 Å². The van der Waals surface area contributed by atoms with Crippen molar-refractivity contribution in [3.05, 3.63) is 23.2 Å². The van der Waals surface area contributed by atoms with Crippen LogP contribution >= 0.6 is 11.6 Å². The van der Waals surface area contributed by atoms with E-state index in [1.165, 1.54) is 25.7 Å². The molecule has 0 unspecified atom stereocenters. The molecular formula is C13H19ClN2O. The van der Waals surface area contributed by atoms with E-state index in [1.807, 2.05) is 12.1 Å². The van der Waals surface area contributed by atoms with Gasteiger partial charge in [0.1, 0.15) is 0 Å². The summed E-state index contributed by atoms with van der Waals surface area (Å²) in [6.07, 6.45) is 4.89. The van der Waals surface area contributed by atoms with Crippen LogP contribution in [0.4, 0.5) is 11.4 Å². The molecular weight excluding hydrogens is 236 g/mol. The second-order valence-electron chi connectivity index (χ2n) is 4.57. The Morgan fingerprint density at radius 3 is 2.65 bits per heavy atom. The first-order chi connectivity index (χ1) is 8.22. The molecule has 1 fully saturated rings. The van der Waals surface area contributed by atoms with E-state index in [0.717, 1.165) is 5.69 Å². The number of hydrogen-bond donors (Lipinski definition) is 2. The van der Waals surface area contributed by atoms with Gasteiger partial charge in [-0.2, -0.15) is 0 Å². The maximum Gasteiger partial charge on any atom is 0.0660 e. The number of nitrogens with two attached hydrogens (primary N) is 1. The molecule has 0 spiro atoms. The average molecular weight is 255 g/mol. The molecule has 0 heterocycles. The number of anilines is 2. The van der Waals surface area contributed by atoms with Crippen molar-refractivity contribution < 1.29 is 5.11 Å². The van der Waals surface area contributed by atoms with E-state index in [-0.39, 0.29) is 6.61 Å². The van der Waals surface area contributed by atoms with E-state index in [4.69, 9.17) is 17.3 Å². The van der Waals surface area contributed by atoms with Crippen LogP contribution in [0.3, 0.4) is 0 Å². The minimum atomic E-state index is 0.150. The van der Waals surface area contributed by atoms with Crippen molar-refractivity contribution in [2.75, 3.05) is 23.8 Å². The Labute approximate surface area is 107 Å². The Kier molecular flexibility index (Phi) is 4.13. The zero-order chi connectivity index (χ0) is 12.3. The summed E-state index contributed by atoms with van der Waals surface area (Å²) in [6, 6.07) is 6.09. The molecule has 94 valence electrons. The molecule has 3 N–H and O–H groups in total. The van der Waals surface area contributed by atoms with E-state index in [9.17, 15) is 5.11 Å². The summed E-state index contributed by atoms with van der Waals surface area (Å²) in [6.45, 7) is 0.783. The number of hydrogen-bond acceptors (Lipinski definition) is 3. The minimum absolute atomic E-state index is 0.150. The van der Waals surface area contributed by atoms with Crippen molar-refractivity contribution in [2.24, 2.45) is 0 Å². The van der Waals surface area contributed by atoms with Crippen LogP contribution in [0.15, 0.2) is 18.2 Å². The first kappa shape index (κ1) is 12.5. The summed E-state index contributed by atoms with van der Waals surface area (Å²) >= 11 is 6.24. The van der Waals surface area contributed by atoms with Gasteiger partial charge in [0.25, 0.3) is 0 Å². The number of nitrogen functional groups attached to an aromatic ring is 1. The highest BCUT2D eigenvalue weighted by molar-refractivity contribution is 6.33. The molecule has 4 heteroatoms. The van der Waals surface area contributed by atoms with E-state index in [2.05, 4.69) is 4.90 Å². The molecule has 0 radical (unpaired) electrons. The van der Waals surface area contributed by atoms with E-state index in [1.54, 1.807) is 6.07 Å². The molecule has 3 nitrogen and oxygen atoms in total. The summed E-state index contributed by atoms with van der Waals surface area (Å²) < 4.78 is 0. The van der Waals surface area contributed by atoms with Crippen molar-refractivity contribution in [3.8, 4) is 0 Å². The molecule has 0 amide bonds. The molecule has 2 rings (SSSR count). The molecule has 1 aromatic rings. The molecule has 0 atom stereocenters. The molecule has 0 aliphatic heterocycles. The minimum Gasteiger partial charge on any atom is -0.399 e. The van der Waals surface area contributed by atoms with Crippen LogP contribution in [-0.4, -0.2) is 24.3 Å². The Balaban J connectivity index is 2.24. The summed E-state index contributed by atoms with van der Waals surface area (Å²) in [7, 11) is 0. The van der Waals surface area contributed by atoms with E-state index in [0.29, 0.717) is 23.3 Å². The Hall–Kier alpha value is -0.930. The third-order valence-corrected chi connectivity index (χ3v) is 3.69. The van der Waals surface area contributed by atoms with Gasteiger partial charge in [0.15, 0.2) is 0 Å². The molecule has 0 saturated heterocycles. The first-order valence-corrected chi connectivity index (χ1v) is 6.52. The predicted molar refractivity (Wildman–Crippen MR) is 72.6 cm³/mol. The fourth-order valence-electron chi connectivity index (χ4n) is 2.58. The SMILES string of the molecule is Nc1ccc(N(CCO)C2CCCC2)c(Cl)c1. The predicted octanol–water partition coefficient (Wildman–Crippen LogP) is 2.66. The van der Waals surface area contributed by atoms with Gasteiger partial charge in [-0.3, -0.25) is 0 Å². The van der Waals surface area contributed by atoms with Gasteiger partial charge in [0.2, 0.25) is 0 Å². The number of nitrogens with zero attached hydrogens (tertiary/aromatic N) is 1. The highest BCUT2D eigenvalue weighted by Crippen LogP contribution is 2.33. The molecule has 1 aromatic carbocycles. The Bertz CT molecular complexity index is 378. The van der Waals surface area contributed by atoms with Gasteiger partial charge in [-0.25, -0.2) is 0 Å². The summed E-state index contributed by atoms with van der Waals surface area (Å²) in [5.74, 6) is 0. The lowest BCUT2D eigenvalue weighted by Crippen LogP contribution is -2.35. The van der Waals surface area contributed by atoms with Crippen LogP contribution in [-0.2, 0) is 0 Å². The van der Waals surface area contributed by atoms with Crippen LogP contribution in [0, 0.1) is 0 Å². The fourth-order valence-corrected chi connectivity index (χ4v) is 2.88. The van der Waals surface area contributed by atoms with Crippen molar-refractivity contribution in [1.29, 1.82) is 0 Å². The summed E-state index contributed by atoms with van der Waals surface area (Å²) in [4.78, 5) is 2.22. The number of benzene rings is 1. The molecule has 1 aliphatic carbocycles. The van der Waals surface area contributed by atoms with Crippen molar-refractivity contribution >= 4 is 23.0 Å². The van der Waals surface area contributed by atoms with Gasteiger partial charge >= 0.3 is 0 Å². The van der Waals surface area contributed by atoms with Gasteiger partial charge in [0.05, 0.1) is 17.3 Å². The molecule has 0 bridgehead atoms. The number of aliphatic hydroxyl groups excluding tert-OH is 1. The maximum absolute atomic E-state index is 9.19. The van der Waals surface area contributed by atoms with Crippen LogP contribution in [0.25, 0.3) is 0 Å². The molecule has 1 saturated carbocycles. The third-order valence-electron chi connectivity index (χ3n) is 3.39. The van der Waals surface area contributed by atoms with E-state index >= 15 is 0 Å². The van der Waals surface area contributed by atoms with Gasteiger partial charge in [-0.05, 0) is 31.0 Å². The topological polar surface area (TPSA) is 49.5 Å². The highest BCUT2D eigenvalue weighted by Gasteiger charge is 2.23. The summed E-state index contributed by atoms with van der Waals surface area (Å²) in [5.41, 5.74) is 7.37. The van der Waals surface area contributed by atoms with Gasteiger partial charge in [-0.15, -0.1) is 0 Å². The quantitative estimate of drug-likeness (QED) is 0.813. The highest BCUT2D eigenvalue weighted by atomic mass is 35.5. The van der Waals surface area contributed by atoms with Crippen molar-refractivity contribution in [3.63, 3.8) is 0 Å². The Morgan fingerprint density at radius 2 is 2.06 bits per heavy atom. The first-order valence-electron chi connectivity index (χ1n) is 6.15. The van der Waals surface area contributed by atoms with Gasteiger partial charge in [0, 0.05) is 18.3 Å². The number of aliphatic hydroxyl groups is 1. The molecule has 17 heavy (non-hydrogen) atoms. The monoisotopic (exact) mass is 254 g/mol. The third kappa shape index (κ3) is 2.85.